The Labute approximate surface area is 102 Å². The van der Waals surface area contributed by atoms with Gasteiger partial charge in [0.25, 0.3) is 0 Å². The molecule has 0 fully saturated rings. The van der Waals surface area contributed by atoms with Crippen molar-refractivity contribution in [2.24, 2.45) is 4.99 Å². The quantitative estimate of drug-likeness (QED) is 0.716. The predicted molar refractivity (Wildman–Crippen MR) is 71.9 cm³/mol. The van der Waals surface area contributed by atoms with Crippen LogP contribution in [0.1, 0.15) is 18.1 Å². The van der Waals surface area contributed by atoms with Gasteiger partial charge in [-0.2, -0.15) is 0 Å². The summed E-state index contributed by atoms with van der Waals surface area (Å²) in [5, 5.41) is 0. The molecule has 2 aliphatic heterocycles. The highest BCUT2D eigenvalue weighted by Crippen LogP contribution is 2.26. The Hall–Kier alpha value is -1.83. The number of aliphatic imine (C=N–C) groups is 1. The van der Waals surface area contributed by atoms with E-state index in [4.69, 9.17) is 0 Å². The second-order valence-electron chi connectivity index (χ2n) is 4.68. The lowest BCUT2D eigenvalue weighted by atomic mass is 10.0. The van der Waals surface area contributed by atoms with Crippen LogP contribution in [0.4, 0.5) is 0 Å². The Kier molecular flexibility index (Phi) is 2.36. The van der Waals surface area contributed by atoms with Crippen LogP contribution < -0.4 is 0 Å². The fourth-order valence-electron chi connectivity index (χ4n) is 2.38. The molecule has 0 aromatic heterocycles. The highest BCUT2D eigenvalue weighted by Gasteiger charge is 2.24. The summed E-state index contributed by atoms with van der Waals surface area (Å²) in [5.41, 5.74) is 3.84. The number of rotatable bonds is 1. The van der Waals surface area contributed by atoms with Crippen molar-refractivity contribution in [1.82, 2.24) is 4.90 Å². The molecule has 1 atom stereocenters. The minimum atomic E-state index is 0.434. The van der Waals surface area contributed by atoms with Crippen molar-refractivity contribution in [3.63, 3.8) is 0 Å². The number of fused-ring (bicyclic) bond motifs is 1. The van der Waals surface area contributed by atoms with Crippen molar-refractivity contribution in [3.05, 3.63) is 53.7 Å². The van der Waals surface area contributed by atoms with Crippen LogP contribution in [0.3, 0.4) is 0 Å². The summed E-state index contributed by atoms with van der Waals surface area (Å²) in [6.45, 7) is 5.09. The Morgan fingerprint density at radius 1 is 1.29 bits per heavy atom. The van der Waals surface area contributed by atoms with E-state index in [-0.39, 0.29) is 0 Å². The lowest BCUT2D eigenvalue weighted by Gasteiger charge is -2.25. The summed E-state index contributed by atoms with van der Waals surface area (Å²) >= 11 is 0. The van der Waals surface area contributed by atoms with Gasteiger partial charge >= 0.3 is 0 Å². The molecule has 0 aliphatic carbocycles. The van der Waals surface area contributed by atoms with Gasteiger partial charge in [-0.25, -0.2) is 0 Å². The molecule has 2 heteroatoms. The molecule has 0 N–H and O–H groups in total. The number of allylic oxidation sites excluding steroid dienone is 2. The average Bonchev–Trinajstić information content (AvgIpc) is 2.71. The Balaban J connectivity index is 1.97. The molecule has 1 aromatic carbocycles. The van der Waals surface area contributed by atoms with E-state index in [0.717, 1.165) is 12.4 Å². The van der Waals surface area contributed by atoms with Gasteiger partial charge < -0.3 is 4.90 Å². The number of aryl methyl sites for hydroxylation is 1. The first-order valence-electron chi connectivity index (χ1n) is 6.00. The van der Waals surface area contributed by atoms with Crippen LogP contribution >= 0.6 is 0 Å². The van der Waals surface area contributed by atoms with Crippen LogP contribution in [0.5, 0.6) is 0 Å². The number of hydrogen-bond acceptors (Lipinski definition) is 2. The summed E-state index contributed by atoms with van der Waals surface area (Å²) < 4.78 is 0. The minimum absolute atomic E-state index is 0.434. The van der Waals surface area contributed by atoms with E-state index in [9.17, 15) is 0 Å². The Morgan fingerprint density at radius 2 is 2.18 bits per heavy atom. The van der Waals surface area contributed by atoms with Gasteiger partial charge in [0.05, 0.1) is 12.6 Å². The molecule has 1 aromatic rings. The average molecular weight is 224 g/mol. The fourth-order valence-corrected chi connectivity index (χ4v) is 2.38. The first-order chi connectivity index (χ1) is 8.24. The largest absolute Gasteiger partial charge is 0.328 e. The van der Waals surface area contributed by atoms with Crippen molar-refractivity contribution < 1.29 is 0 Å². The molecular formula is C15H16N2. The van der Waals surface area contributed by atoms with E-state index in [2.05, 4.69) is 66.4 Å². The van der Waals surface area contributed by atoms with E-state index in [1.165, 1.54) is 16.7 Å². The molecule has 86 valence electrons. The van der Waals surface area contributed by atoms with Gasteiger partial charge in [-0.15, -0.1) is 0 Å². The van der Waals surface area contributed by atoms with Gasteiger partial charge in [-0.05, 0) is 25.0 Å². The molecule has 2 nitrogen and oxygen atoms in total. The second kappa shape index (κ2) is 3.88. The van der Waals surface area contributed by atoms with E-state index in [0.29, 0.717) is 6.04 Å². The third kappa shape index (κ3) is 1.80. The minimum Gasteiger partial charge on any atom is -0.328 e. The molecule has 1 unspecified atom stereocenters. The summed E-state index contributed by atoms with van der Waals surface area (Å²) in [6.07, 6.45) is 6.67. The molecule has 0 spiro atoms. The smallest absolute Gasteiger partial charge is 0.100 e. The maximum atomic E-state index is 4.47. The molecule has 2 aliphatic rings. The van der Waals surface area contributed by atoms with Crippen molar-refractivity contribution in [2.45, 2.75) is 19.9 Å². The molecule has 17 heavy (non-hydrogen) atoms. The molecule has 0 saturated heterocycles. The summed E-state index contributed by atoms with van der Waals surface area (Å²) in [5.74, 6) is 1.12. The molecule has 0 bridgehead atoms. The standard InChI is InChI=1S/C15H16N2/c1-11-4-3-5-13(8-11)14-6-7-15-9-16-12(2)17(15)10-14/h3-8,10,15H,9H2,1-2H3. The number of amidine groups is 1. The maximum Gasteiger partial charge on any atom is 0.100 e. The third-order valence-electron chi connectivity index (χ3n) is 3.37. The predicted octanol–water partition coefficient (Wildman–Crippen LogP) is 3.01. The second-order valence-corrected chi connectivity index (χ2v) is 4.68. The first-order valence-corrected chi connectivity index (χ1v) is 6.00. The molecule has 0 saturated carbocycles. The first kappa shape index (κ1) is 10.3. The van der Waals surface area contributed by atoms with Crippen LogP contribution in [0.15, 0.2) is 47.6 Å². The van der Waals surface area contributed by atoms with Crippen molar-refractivity contribution >= 4 is 11.4 Å². The third-order valence-corrected chi connectivity index (χ3v) is 3.37. The van der Waals surface area contributed by atoms with E-state index in [1.54, 1.807) is 0 Å². The zero-order valence-corrected chi connectivity index (χ0v) is 10.2. The number of benzene rings is 1. The van der Waals surface area contributed by atoms with E-state index >= 15 is 0 Å². The van der Waals surface area contributed by atoms with Crippen LogP contribution in [-0.2, 0) is 0 Å². The van der Waals surface area contributed by atoms with Gasteiger partial charge in [0.2, 0.25) is 0 Å². The van der Waals surface area contributed by atoms with Crippen LogP contribution in [0, 0.1) is 6.92 Å². The van der Waals surface area contributed by atoms with Crippen molar-refractivity contribution in [2.75, 3.05) is 6.54 Å². The normalized spacial score (nSPS) is 22.2. The zero-order chi connectivity index (χ0) is 11.8. The van der Waals surface area contributed by atoms with Gasteiger partial charge in [0.15, 0.2) is 0 Å². The monoisotopic (exact) mass is 224 g/mol. The Morgan fingerprint density at radius 3 is 3.00 bits per heavy atom. The highest BCUT2D eigenvalue weighted by atomic mass is 15.3. The number of nitrogens with zero attached hydrogens (tertiary/aromatic N) is 2. The highest BCUT2D eigenvalue weighted by molar-refractivity contribution is 5.87. The lowest BCUT2D eigenvalue weighted by molar-refractivity contribution is 0.509. The molecule has 2 heterocycles. The van der Waals surface area contributed by atoms with Gasteiger partial charge in [0, 0.05) is 6.20 Å². The van der Waals surface area contributed by atoms with Crippen molar-refractivity contribution in [3.8, 4) is 0 Å². The van der Waals surface area contributed by atoms with Gasteiger partial charge in [0.1, 0.15) is 5.84 Å². The molecule has 3 rings (SSSR count). The summed E-state index contributed by atoms with van der Waals surface area (Å²) in [4.78, 5) is 6.73. The molecular weight excluding hydrogens is 208 g/mol. The molecule has 0 amide bonds. The van der Waals surface area contributed by atoms with Crippen LogP contribution in [0.25, 0.3) is 5.57 Å². The van der Waals surface area contributed by atoms with E-state index < -0.39 is 0 Å². The summed E-state index contributed by atoms with van der Waals surface area (Å²) in [6, 6.07) is 9.05. The lowest BCUT2D eigenvalue weighted by Crippen LogP contribution is -2.30. The van der Waals surface area contributed by atoms with Gasteiger partial charge in [-0.1, -0.05) is 42.0 Å². The van der Waals surface area contributed by atoms with Crippen LogP contribution in [0.2, 0.25) is 0 Å². The van der Waals surface area contributed by atoms with Gasteiger partial charge in [-0.3, -0.25) is 4.99 Å². The Bertz CT molecular complexity index is 538. The fraction of sp³-hybridized carbons (Fsp3) is 0.267. The van der Waals surface area contributed by atoms with E-state index in [1.807, 2.05) is 0 Å². The maximum absolute atomic E-state index is 4.47. The zero-order valence-electron chi connectivity index (χ0n) is 10.2. The summed E-state index contributed by atoms with van der Waals surface area (Å²) in [7, 11) is 0. The van der Waals surface area contributed by atoms with Crippen LogP contribution in [-0.4, -0.2) is 23.3 Å². The SMILES string of the molecule is CC1=NCC2C=CC(c3cccc(C)c3)=CN12. The number of hydrogen-bond donors (Lipinski definition) is 0. The topological polar surface area (TPSA) is 15.6 Å². The molecule has 0 radical (unpaired) electrons. The van der Waals surface area contributed by atoms with Crippen molar-refractivity contribution in [1.29, 1.82) is 0 Å².